The molecule has 1 heterocycles. The van der Waals surface area contributed by atoms with Crippen molar-refractivity contribution in [2.24, 2.45) is 0 Å². The van der Waals surface area contributed by atoms with Gasteiger partial charge in [-0.2, -0.15) is 0 Å². The molecule has 1 aromatic heterocycles. The number of aliphatic carboxylic acids is 2. The Morgan fingerprint density at radius 3 is 2.43 bits per heavy atom. The van der Waals surface area contributed by atoms with Gasteiger partial charge in [0.2, 0.25) is 5.60 Å². The molecule has 0 spiro atoms. The number of carboxylic acids is 2. The average Bonchev–Trinajstić information content (AvgIpc) is 2.81. The lowest BCUT2D eigenvalue weighted by Crippen LogP contribution is -2.49. The summed E-state index contributed by atoms with van der Waals surface area (Å²) in [6.45, 7) is 0. The van der Waals surface area contributed by atoms with E-state index in [0.29, 0.717) is 10.9 Å². The molecule has 2 rings (SSSR count). The smallest absolute Gasteiger partial charge is 0.343 e. The Balaban J connectivity index is 2.38. The van der Waals surface area contributed by atoms with Crippen LogP contribution < -0.4 is 0 Å². The number of hydrogen-bond acceptors (Lipinski definition) is 4. The summed E-state index contributed by atoms with van der Waals surface area (Å²) in [7, 11) is 0. The molecule has 1 aromatic carbocycles. The molecule has 0 aliphatic rings. The lowest BCUT2D eigenvalue weighted by atomic mass is 9.88. The number of carbonyl (C=O) groups is 3. The molecular weight excluding hydrogens is 278 g/mol. The molecule has 0 radical (unpaired) electrons. The number of carboxylic acid groups (broad SMARTS) is 2. The van der Waals surface area contributed by atoms with Crippen molar-refractivity contribution in [3.05, 3.63) is 36.0 Å². The number of ketones is 1. The molecule has 1 unspecified atom stereocenters. The summed E-state index contributed by atoms with van der Waals surface area (Å²) < 4.78 is 0. The predicted octanol–water partition coefficient (Wildman–Crippen LogP) is 0.570. The van der Waals surface area contributed by atoms with Crippen LogP contribution in [0.15, 0.2) is 30.5 Å². The number of aromatic nitrogens is 1. The summed E-state index contributed by atoms with van der Waals surface area (Å²) in [5.74, 6) is -4.51. The fourth-order valence-corrected chi connectivity index (χ4v) is 2.13. The van der Waals surface area contributed by atoms with Gasteiger partial charge in [0.1, 0.15) is 6.42 Å². The van der Waals surface area contributed by atoms with Crippen LogP contribution in [0.4, 0.5) is 0 Å². The van der Waals surface area contributed by atoms with Gasteiger partial charge in [0, 0.05) is 23.5 Å². The van der Waals surface area contributed by atoms with Crippen molar-refractivity contribution in [2.45, 2.75) is 18.4 Å². The Morgan fingerprint density at radius 2 is 1.81 bits per heavy atom. The van der Waals surface area contributed by atoms with Crippen molar-refractivity contribution in [3.63, 3.8) is 0 Å². The predicted molar refractivity (Wildman–Crippen MR) is 71.8 cm³/mol. The second-order valence-corrected chi connectivity index (χ2v) is 4.70. The van der Waals surface area contributed by atoms with E-state index >= 15 is 0 Å². The van der Waals surface area contributed by atoms with Crippen molar-refractivity contribution >= 4 is 28.6 Å². The van der Waals surface area contributed by atoms with Gasteiger partial charge in [-0.15, -0.1) is 0 Å². The van der Waals surface area contributed by atoms with Crippen molar-refractivity contribution in [1.82, 2.24) is 4.98 Å². The van der Waals surface area contributed by atoms with Gasteiger partial charge >= 0.3 is 11.9 Å². The maximum atomic E-state index is 11.8. The first-order valence-corrected chi connectivity index (χ1v) is 6.10. The number of aromatic amines is 1. The number of rotatable bonds is 6. The molecule has 7 nitrogen and oxygen atoms in total. The monoisotopic (exact) mass is 291 g/mol. The topological polar surface area (TPSA) is 128 Å². The third-order valence-electron chi connectivity index (χ3n) is 3.25. The summed E-state index contributed by atoms with van der Waals surface area (Å²) in [5.41, 5.74) is -1.61. The van der Waals surface area contributed by atoms with Gasteiger partial charge in [-0.25, -0.2) is 4.79 Å². The van der Waals surface area contributed by atoms with Crippen LogP contribution in [0, 0.1) is 0 Å². The minimum atomic E-state index is -2.76. The molecule has 7 heteroatoms. The molecule has 0 amide bonds. The van der Waals surface area contributed by atoms with Crippen molar-refractivity contribution < 1.29 is 29.7 Å². The van der Waals surface area contributed by atoms with Crippen LogP contribution >= 0.6 is 0 Å². The molecule has 2 aromatic rings. The average molecular weight is 291 g/mol. The fraction of sp³-hybridized carbons (Fsp3) is 0.214. The van der Waals surface area contributed by atoms with E-state index in [-0.39, 0.29) is 0 Å². The number of aliphatic hydroxyl groups is 1. The third-order valence-corrected chi connectivity index (χ3v) is 3.25. The van der Waals surface area contributed by atoms with Gasteiger partial charge < -0.3 is 20.3 Å². The zero-order valence-electron chi connectivity index (χ0n) is 10.9. The van der Waals surface area contributed by atoms with Crippen molar-refractivity contribution in [1.29, 1.82) is 0 Å². The van der Waals surface area contributed by atoms with Gasteiger partial charge in [-0.05, 0) is 11.6 Å². The zero-order chi connectivity index (χ0) is 15.6. The highest BCUT2D eigenvalue weighted by Gasteiger charge is 2.45. The number of fused-ring (bicyclic) bond motifs is 1. The van der Waals surface area contributed by atoms with Crippen LogP contribution in [0.25, 0.3) is 10.9 Å². The molecule has 0 bridgehead atoms. The fourth-order valence-electron chi connectivity index (χ4n) is 2.13. The molecule has 0 aliphatic carbocycles. The van der Waals surface area contributed by atoms with Crippen LogP contribution in [0.2, 0.25) is 0 Å². The summed E-state index contributed by atoms with van der Waals surface area (Å²) in [4.78, 5) is 36.5. The Labute approximate surface area is 118 Å². The molecule has 0 saturated carbocycles. The van der Waals surface area contributed by atoms with E-state index in [1.54, 1.807) is 24.3 Å². The summed E-state index contributed by atoms with van der Waals surface area (Å²) in [6.07, 6.45) is -0.0593. The van der Waals surface area contributed by atoms with E-state index in [1.807, 2.05) is 0 Å². The largest absolute Gasteiger partial charge is 0.481 e. The number of Topliss-reactive ketones (excluding diaryl/α,β-unsaturated/α-hetero) is 1. The third kappa shape index (κ3) is 2.77. The molecule has 0 aliphatic heterocycles. The second kappa shape index (κ2) is 5.37. The molecule has 0 saturated heterocycles. The lowest BCUT2D eigenvalue weighted by Gasteiger charge is -2.20. The van der Waals surface area contributed by atoms with E-state index in [4.69, 9.17) is 10.2 Å². The Kier molecular flexibility index (Phi) is 3.77. The second-order valence-electron chi connectivity index (χ2n) is 4.70. The summed E-state index contributed by atoms with van der Waals surface area (Å²) in [5, 5.41) is 28.5. The van der Waals surface area contributed by atoms with Crippen molar-refractivity contribution in [3.8, 4) is 0 Å². The Bertz CT molecular complexity index is 719. The molecule has 0 fully saturated rings. The highest BCUT2D eigenvalue weighted by atomic mass is 16.4. The van der Waals surface area contributed by atoms with Gasteiger partial charge in [0.15, 0.2) is 5.78 Å². The molecule has 4 N–H and O–H groups in total. The summed E-state index contributed by atoms with van der Waals surface area (Å²) >= 11 is 0. The van der Waals surface area contributed by atoms with Crippen LogP contribution in [0.1, 0.15) is 12.0 Å². The normalized spacial score (nSPS) is 13.8. The maximum absolute atomic E-state index is 11.8. The highest BCUT2D eigenvalue weighted by molar-refractivity contribution is 6.12. The first kappa shape index (κ1) is 14.7. The number of benzene rings is 1. The SMILES string of the molecule is O=C(O)CC(=O)C(O)(Cc1c[nH]c2ccccc12)C(=O)O. The first-order chi connectivity index (χ1) is 9.84. The van der Waals surface area contributed by atoms with Crippen LogP contribution in [-0.2, 0) is 20.8 Å². The highest BCUT2D eigenvalue weighted by Crippen LogP contribution is 2.24. The minimum absolute atomic E-state index is 0.425. The molecule has 1 atom stereocenters. The number of H-pyrrole nitrogens is 1. The number of para-hydroxylation sites is 1. The van der Waals surface area contributed by atoms with E-state index < -0.39 is 36.2 Å². The quantitative estimate of drug-likeness (QED) is 0.576. The Hall–Kier alpha value is -2.67. The first-order valence-electron chi connectivity index (χ1n) is 6.10. The van der Waals surface area contributed by atoms with Crippen molar-refractivity contribution in [2.75, 3.05) is 0 Å². The lowest BCUT2D eigenvalue weighted by molar-refractivity contribution is -0.166. The van der Waals surface area contributed by atoms with E-state index in [1.165, 1.54) is 6.20 Å². The van der Waals surface area contributed by atoms with E-state index in [9.17, 15) is 19.5 Å². The number of hydrogen-bond donors (Lipinski definition) is 4. The van der Waals surface area contributed by atoms with Gasteiger partial charge in [-0.1, -0.05) is 18.2 Å². The van der Waals surface area contributed by atoms with E-state index in [2.05, 4.69) is 4.98 Å². The van der Waals surface area contributed by atoms with Crippen LogP contribution in [0.5, 0.6) is 0 Å². The molecule has 110 valence electrons. The van der Waals surface area contributed by atoms with Crippen LogP contribution in [0.3, 0.4) is 0 Å². The summed E-state index contributed by atoms with van der Waals surface area (Å²) in [6, 6.07) is 6.99. The minimum Gasteiger partial charge on any atom is -0.481 e. The maximum Gasteiger partial charge on any atom is 0.343 e. The van der Waals surface area contributed by atoms with E-state index in [0.717, 1.165) is 5.52 Å². The molecular formula is C14H13NO6. The number of carbonyl (C=O) groups excluding carboxylic acids is 1. The zero-order valence-corrected chi connectivity index (χ0v) is 10.9. The van der Waals surface area contributed by atoms with Crippen LogP contribution in [-0.4, -0.2) is 43.6 Å². The van der Waals surface area contributed by atoms with Gasteiger partial charge in [0.05, 0.1) is 0 Å². The standard InChI is InChI=1S/C14H13NO6/c16-11(5-12(17)18)14(21,13(19)20)6-8-7-15-10-4-2-1-3-9(8)10/h1-4,7,15,21H,5-6H2,(H,17,18)(H,19,20). The number of nitrogens with one attached hydrogen (secondary N) is 1. The Morgan fingerprint density at radius 1 is 1.14 bits per heavy atom. The molecule has 21 heavy (non-hydrogen) atoms. The van der Waals surface area contributed by atoms with Gasteiger partial charge in [0.25, 0.3) is 0 Å². The van der Waals surface area contributed by atoms with Gasteiger partial charge in [-0.3, -0.25) is 9.59 Å².